The maximum Gasteiger partial charge on any atom is 0.0991 e. The van der Waals surface area contributed by atoms with Crippen molar-refractivity contribution in [3.05, 3.63) is 65.2 Å². The number of halogens is 1. The molecule has 3 N–H and O–H groups in total. The summed E-state index contributed by atoms with van der Waals surface area (Å²) >= 11 is 6.11. The molecular formula is C15H12ClN3. The van der Waals surface area contributed by atoms with Gasteiger partial charge in [-0.15, -0.1) is 0 Å². The van der Waals surface area contributed by atoms with Crippen LogP contribution in [0, 0.1) is 11.3 Å². The third kappa shape index (κ3) is 3.06. The molecule has 19 heavy (non-hydrogen) atoms. The van der Waals surface area contributed by atoms with Gasteiger partial charge in [0.1, 0.15) is 0 Å². The molecule has 0 saturated carbocycles. The summed E-state index contributed by atoms with van der Waals surface area (Å²) in [5.74, 6) is 0. The van der Waals surface area contributed by atoms with Crippen LogP contribution in [0.25, 0.3) is 5.70 Å². The second kappa shape index (κ2) is 5.47. The number of nitrogens with one attached hydrogen (secondary N) is 1. The van der Waals surface area contributed by atoms with Crippen LogP contribution < -0.4 is 11.1 Å². The zero-order valence-corrected chi connectivity index (χ0v) is 10.9. The van der Waals surface area contributed by atoms with E-state index in [0.29, 0.717) is 22.0 Å². The Morgan fingerprint density at radius 3 is 2.53 bits per heavy atom. The standard InChI is InChI=1S/C15H12ClN3/c1-10(14-8-12(18)4-7-15(14)16)19-13-5-2-11(9-17)3-6-13/h2-8,19H,1,18H2. The van der Waals surface area contributed by atoms with Gasteiger partial charge in [-0.3, -0.25) is 0 Å². The number of anilines is 2. The van der Waals surface area contributed by atoms with Crippen LogP contribution in [0.4, 0.5) is 11.4 Å². The van der Waals surface area contributed by atoms with Gasteiger partial charge in [-0.25, -0.2) is 0 Å². The summed E-state index contributed by atoms with van der Waals surface area (Å²) < 4.78 is 0. The molecule has 0 saturated heterocycles. The number of nitrogens with two attached hydrogens (primary N) is 1. The third-order valence-electron chi connectivity index (χ3n) is 2.62. The molecular weight excluding hydrogens is 258 g/mol. The first-order valence-electron chi connectivity index (χ1n) is 5.61. The highest BCUT2D eigenvalue weighted by Gasteiger charge is 2.05. The van der Waals surface area contributed by atoms with Gasteiger partial charge in [0.05, 0.1) is 16.7 Å². The number of nitrogens with zero attached hydrogens (tertiary/aromatic N) is 1. The summed E-state index contributed by atoms with van der Waals surface area (Å²) in [4.78, 5) is 0. The van der Waals surface area contributed by atoms with Crippen molar-refractivity contribution >= 4 is 28.7 Å². The molecule has 0 aliphatic heterocycles. The molecule has 0 heterocycles. The molecule has 0 unspecified atom stereocenters. The van der Waals surface area contributed by atoms with Crippen molar-refractivity contribution in [2.24, 2.45) is 0 Å². The molecule has 0 bridgehead atoms. The predicted molar refractivity (Wildman–Crippen MR) is 79.7 cm³/mol. The highest BCUT2D eigenvalue weighted by atomic mass is 35.5. The average Bonchev–Trinajstić information content (AvgIpc) is 2.42. The molecule has 0 aliphatic rings. The van der Waals surface area contributed by atoms with E-state index in [4.69, 9.17) is 22.6 Å². The fraction of sp³-hybridized carbons (Fsp3) is 0. The first kappa shape index (κ1) is 13.0. The summed E-state index contributed by atoms with van der Waals surface area (Å²) in [6.45, 7) is 3.95. The summed E-state index contributed by atoms with van der Waals surface area (Å²) in [6.07, 6.45) is 0. The molecule has 0 aliphatic carbocycles. The molecule has 0 fully saturated rings. The Balaban J connectivity index is 2.21. The Bertz CT molecular complexity index is 654. The summed E-state index contributed by atoms with van der Waals surface area (Å²) in [5, 5.41) is 12.5. The number of hydrogen-bond acceptors (Lipinski definition) is 3. The van der Waals surface area contributed by atoms with Crippen molar-refractivity contribution in [1.29, 1.82) is 5.26 Å². The zero-order valence-electron chi connectivity index (χ0n) is 10.2. The number of nitriles is 1. The van der Waals surface area contributed by atoms with Crippen LogP contribution in [0.2, 0.25) is 5.02 Å². The van der Waals surface area contributed by atoms with E-state index in [1.165, 1.54) is 0 Å². The number of hydrogen-bond donors (Lipinski definition) is 2. The topological polar surface area (TPSA) is 61.8 Å². The second-order valence-electron chi connectivity index (χ2n) is 4.03. The van der Waals surface area contributed by atoms with Crippen molar-refractivity contribution in [2.75, 3.05) is 11.1 Å². The van der Waals surface area contributed by atoms with Crippen LogP contribution in [0.15, 0.2) is 49.0 Å². The minimum absolute atomic E-state index is 0.584. The number of nitrogen functional groups attached to an aromatic ring is 1. The van der Waals surface area contributed by atoms with E-state index in [9.17, 15) is 0 Å². The molecule has 3 nitrogen and oxygen atoms in total. The molecule has 2 aromatic carbocycles. The van der Waals surface area contributed by atoms with Gasteiger partial charge in [0.2, 0.25) is 0 Å². The van der Waals surface area contributed by atoms with Crippen molar-refractivity contribution in [3.63, 3.8) is 0 Å². The van der Waals surface area contributed by atoms with Crippen LogP contribution in [-0.2, 0) is 0 Å². The van der Waals surface area contributed by atoms with Gasteiger partial charge in [0.25, 0.3) is 0 Å². The smallest absolute Gasteiger partial charge is 0.0991 e. The van der Waals surface area contributed by atoms with E-state index in [1.54, 1.807) is 30.3 Å². The van der Waals surface area contributed by atoms with Gasteiger partial charge in [-0.2, -0.15) is 5.26 Å². The second-order valence-corrected chi connectivity index (χ2v) is 4.44. The molecule has 0 atom stereocenters. The first-order valence-corrected chi connectivity index (χ1v) is 5.99. The molecule has 0 amide bonds. The maximum absolute atomic E-state index is 8.74. The van der Waals surface area contributed by atoms with E-state index < -0.39 is 0 Å². The van der Waals surface area contributed by atoms with E-state index in [2.05, 4.69) is 18.0 Å². The van der Waals surface area contributed by atoms with Crippen LogP contribution >= 0.6 is 11.6 Å². The van der Waals surface area contributed by atoms with Crippen LogP contribution in [0.5, 0.6) is 0 Å². The average molecular weight is 270 g/mol. The quantitative estimate of drug-likeness (QED) is 0.832. The van der Waals surface area contributed by atoms with Gasteiger partial charge in [-0.1, -0.05) is 18.2 Å². The summed E-state index contributed by atoms with van der Waals surface area (Å²) in [7, 11) is 0. The number of benzene rings is 2. The van der Waals surface area contributed by atoms with Crippen molar-refractivity contribution in [2.45, 2.75) is 0 Å². The lowest BCUT2D eigenvalue weighted by Crippen LogP contribution is -1.99. The van der Waals surface area contributed by atoms with Gasteiger partial charge in [0, 0.05) is 22.6 Å². The van der Waals surface area contributed by atoms with E-state index >= 15 is 0 Å². The monoisotopic (exact) mass is 269 g/mol. The lowest BCUT2D eigenvalue weighted by molar-refractivity contribution is 1.47. The molecule has 0 radical (unpaired) electrons. The fourth-order valence-electron chi connectivity index (χ4n) is 1.64. The van der Waals surface area contributed by atoms with E-state index in [0.717, 1.165) is 11.3 Å². The molecule has 0 aromatic heterocycles. The van der Waals surface area contributed by atoms with Gasteiger partial charge in [0.15, 0.2) is 0 Å². The minimum Gasteiger partial charge on any atom is -0.399 e. The SMILES string of the molecule is C=C(Nc1ccc(C#N)cc1)c1cc(N)ccc1Cl. The van der Waals surface area contributed by atoms with Gasteiger partial charge < -0.3 is 11.1 Å². The van der Waals surface area contributed by atoms with Gasteiger partial charge in [-0.05, 0) is 42.5 Å². The molecule has 0 spiro atoms. The lowest BCUT2D eigenvalue weighted by atomic mass is 10.1. The lowest BCUT2D eigenvalue weighted by Gasteiger charge is -2.12. The molecule has 2 aromatic rings. The highest BCUT2D eigenvalue weighted by Crippen LogP contribution is 2.26. The molecule has 94 valence electrons. The minimum atomic E-state index is 0.584. The Morgan fingerprint density at radius 2 is 1.89 bits per heavy atom. The first-order chi connectivity index (χ1) is 9.10. The van der Waals surface area contributed by atoms with Gasteiger partial charge >= 0.3 is 0 Å². The highest BCUT2D eigenvalue weighted by molar-refractivity contribution is 6.32. The third-order valence-corrected chi connectivity index (χ3v) is 2.95. The maximum atomic E-state index is 8.74. The normalized spacial score (nSPS) is 9.68. The fourth-order valence-corrected chi connectivity index (χ4v) is 1.88. The summed E-state index contributed by atoms with van der Waals surface area (Å²) in [6, 6.07) is 14.4. The Kier molecular flexibility index (Phi) is 3.74. The number of rotatable bonds is 3. The largest absolute Gasteiger partial charge is 0.399 e. The van der Waals surface area contributed by atoms with E-state index in [-0.39, 0.29) is 0 Å². The Hall–Kier alpha value is -2.44. The summed E-state index contributed by atoms with van der Waals surface area (Å²) in [5.41, 5.74) is 9.22. The Morgan fingerprint density at radius 1 is 1.21 bits per heavy atom. The van der Waals surface area contributed by atoms with Crippen molar-refractivity contribution in [1.82, 2.24) is 0 Å². The van der Waals surface area contributed by atoms with Crippen molar-refractivity contribution in [3.8, 4) is 6.07 Å². The zero-order chi connectivity index (χ0) is 13.8. The Labute approximate surface area is 116 Å². The van der Waals surface area contributed by atoms with Crippen LogP contribution in [-0.4, -0.2) is 0 Å². The molecule has 4 heteroatoms. The predicted octanol–water partition coefficient (Wildman–Crippen LogP) is 3.88. The molecule has 2 rings (SSSR count). The van der Waals surface area contributed by atoms with E-state index in [1.807, 2.05) is 12.1 Å². The van der Waals surface area contributed by atoms with Crippen LogP contribution in [0.1, 0.15) is 11.1 Å². The van der Waals surface area contributed by atoms with Crippen molar-refractivity contribution < 1.29 is 0 Å². The van der Waals surface area contributed by atoms with Crippen LogP contribution in [0.3, 0.4) is 0 Å².